The number of rotatable bonds is 9. The minimum atomic E-state index is -0.366. The van der Waals surface area contributed by atoms with Crippen molar-refractivity contribution in [2.24, 2.45) is 0 Å². The Hall–Kier alpha value is -0.980. The van der Waals surface area contributed by atoms with Crippen LogP contribution in [0.2, 0.25) is 0 Å². The van der Waals surface area contributed by atoms with Crippen LogP contribution in [0.1, 0.15) is 25.3 Å². The number of methoxy groups -OCH3 is 1. The summed E-state index contributed by atoms with van der Waals surface area (Å²) in [6.45, 7) is 3.71. The lowest BCUT2D eigenvalue weighted by Crippen LogP contribution is -2.34. The predicted molar refractivity (Wildman–Crippen MR) is 83.1 cm³/mol. The lowest BCUT2D eigenvalue weighted by Gasteiger charge is -2.17. The molecule has 20 heavy (non-hydrogen) atoms. The predicted octanol–water partition coefficient (Wildman–Crippen LogP) is 3.30. The first-order valence-corrected chi connectivity index (χ1v) is 7.53. The molecule has 0 amide bonds. The maximum Gasteiger partial charge on any atom is 0.283 e. The molecule has 1 atom stereocenters. The highest BCUT2D eigenvalue weighted by Crippen LogP contribution is 2.29. The Balaban J connectivity index is 2.67. The molecule has 0 radical (unpaired) electrons. The Morgan fingerprint density at radius 2 is 2.25 bits per heavy atom. The zero-order valence-electron chi connectivity index (χ0n) is 11.9. The number of nitrogens with zero attached hydrogens (tertiary/aromatic N) is 1. The van der Waals surface area contributed by atoms with Gasteiger partial charge in [0.25, 0.3) is 5.69 Å². The topological polar surface area (TPSA) is 64.4 Å². The number of nitro benzene ring substituents is 1. The van der Waals surface area contributed by atoms with Gasteiger partial charge in [0.05, 0.1) is 16.0 Å². The van der Waals surface area contributed by atoms with Crippen LogP contribution in [0.4, 0.5) is 5.69 Å². The quantitative estimate of drug-likeness (QED) is 0.551. The third-order valence-corrected chi connectivity index (χ3v) is 3.98. The molecule has 1 N–H and O–H groups in total. The summed E-state index contributed by atoms with van der Waals surface area (Å²) >= 11 is 3.33. The van der Waals surface area contributed by atoms with E-state index in [0.29, 0.717) is 11.1 Å². The molecule has 0 bridgehead atoms. The first-order valence-electron chi connectivity index (χ1n) is 6.74. The van der Waals surface area contributed by atoms with Gasteiger partial charge in [-0.05, 0) is 47.3 Å². The van der Waals surface area contributed by atoms with Crippen LogP contribution in [0.3, 0.4) is 0 Å². The molecule has 112 valence electrons. The van der Waals surface area contributed by atoms with E-state index in [9.17, 15) is 10.1 Å². The van der Waals surface area contributed by atoms with E-state index in [0.717, 1.165) is 31.4 Å². The van der Waals surface area contributed by atoms with Gasteiger partial charge in [-0.15, -0.1) is 0 Å². The number of aryl methyl sites for hydroxylation is 1. The highest BCUT2D eigenvalue weighted by Gasteiger charge is 2.16. The van der Waals surface area contributed by atoms with Gasteiger partial charge in [-0.2, -0.15) is 0 Å². The van der Waals surface area contributed by atoms with E-state index in [2.05, 4.69) is 28.2 Å². The second-order valence-electron chi connectivity index (χ2n) is 4.65. The molecule has 1 rings (SSSR count). The first-order chi connectivity index (χ1) is 9.60. The SMILES string of the molecule is CCCNC(CCc1cccc([N+](=O)[O-])c1Br)COC. The number of nitrogens with one attached hydrogen (secondary N) is 1. The van der Waals surface area contributed by atoms with E-state index in [-0.39, 0.29) is 16.7 Å². The van der Waals surface area contributed by atoms with Gasteiger partial charge in [-0.25, -0.2) is 0 Å². The Morgan fingerprint density at radius 1 is 1.50 bits per heavy atom. The van der Waals surface area contributed by atoms with Crippen molar-refractivity contribution in [1.29, 1.82) is 0 Å². The highest BCUT2D eigenvalue weighted by atomic mass is 79.9. The van der Waals surface area contributed by atoms with Crippen LogP contribution in [-0.4, -0.2) is 31.2 Å². The number of halogens is 1. The summed E-state index contributed by atoms with van der Waals surface area (Å²) in [7, 11) is 1.68. The summed E-state index contributed by atoms with van der Waals surface area (Å²) in [6.07, 6.45) is 2.72. The Labute approximate surface area is 128 Å². The monoisotopic (exact) mass is 344 g/mol. The van der Waals surface area contributed by atoms with E-state index in [1.54, 1.807) is 13.2 Å². The number of benzene rings is 1. The Morgan fingerprint density at radius 3 is 2.85 bits per heavy atom. The fraction of sp³-hybridized carbons (Fsp3) is 0.571. The van der Waals surface area contributed by atoms with Crippen LogP contribution in [0, 0.1) is 10.1 Å². The Bertz CT molecular complexity index is 440. The van der Waals surface area contributed by atoms with Crippen molar-refractivity contribution >= 4 is 21.6 Å². The molecule has 0 fully saturated rings. The van der Waals surface area contributed by atoms with Crippen molar-refractivity contribution in [3.8, 4) is 0 Å². The molecule has 0 aliphatic rings. The molecule has 0 spiro atoms. The van der Waals surface area contributed by atoms with Gasteiger partial charge in [0.2, 0.25) is 0 Å². The zero-order valence-corrected chi connectivity index (χ0v) is 13.5. The van der Waals surface area contributed by atoms with Crippen molar-refractivity contribution in [2.45, 2.75) is 32.2 Å². The fourth-order valence-corrected chi connectivity index (χ4v) is 2.63. The minimum absolute atomic E-state index is 0.118. The summed E-state index contributed by atoms with van der Waals surface area (Å²) in [5.74, 6) is 0. The summed E-state index contributed by atoms with van der Waals surface area (Å²) in [5.41, 5.74) is 1.07. The zero-order chi connectivity index (χ0) is 15.0. The maximum absolute atomic E-state index is 10.9. The van der Waals surface area contributed by atoms with Crippen LogP contribution in [0.5, 0.6) is 0 Å². The molecule has 0 heterocycles. The fourth-order valence-electron chi connectivity index (χ4n) is 2.02. The minimum Gasteiger partial charge on any atom is -0.383 e. The number of nitro groups is 1. The van der Waals surface area contributed by atoms with Gasteiger partial charge in [-0.1, -0.05) is 19.1 Å². The Kier molecular flexibility index (Phi) is 7.72. The van der Waals surface area contributed by atoms with E-state index in [4.69, 9.17) is 4.74 Å². The molecule has 5 nitrogen and oxygen atoms in total. The van der Waals surface area contributed by atoms with E-state index in [1.165, 1.54) is 6.07 Å². The van der Waals surface area contributed by atoms with Crippen molar-refractivity contribution in [3.05, 3.63) is 38.3 Å². The van der Waals surface area contributed by atoms with E-state index in [1.807, 2.05) is 6.07 Å². The normalized spacial score (nSPS) is 12.3. The highest BCUT2D eigenvalue weighted by molar-refractivity contribution is 9.10. The summed E-state index contributed by atoms with van der Waals surface area (Å²) in [4.78, 5) is 10.5. The maximum atomic E-state index is 10.9. The molecule has 1 aromatic carbocycles. The van der Waals surface area contributed by atoms with Crippen molar-refractivity contribution < 1.29 is 9.66 Å². The standard InChI is InChI=1S/C14H21BrN2O3/c1-3-9-16-12(10-20-2)8-7-11-5-4-6-13(14(11)15)17(18)19/h4-6,12,16H,3,7-10H2,1-2H3. The summed E-state index contributed by atoms with van der Waals surface area (Å²) in [6, 6.07) is 5.42. The third-order valence-electron chi connectivity index (χ3n) is 3.07. The van der Waals surface area contributed by atoms with Crippen LogP contribution >= 0.6 is 15.9 Å². The molecule has 0 saturated carbocycles. The van der Waals surface area contributed by atoms with Gasteiger partial charge >= 0.3 is 0 Å². The average molecular weight is 345 g/mol. The van der Waals surface area contributed by atoms with Gasteiger partial charge in [0, 0.05) is 19.2 Å². The van der Waals surface area contributed by atoms with Crippen molar-refractivity contribution in [2.75, 3.05) is 20.3 Å². The van der Waals surface area contributed by atoms with Gasteiger partial charge in [-0.3, -0.25) is 10.1 Å². The molecule has 6 heteroatoms. The molecule has 0 aliphatic heterocycles. The van der Waals surface area contributed by atoms with Crippen LogP contribution in [0.25, 0.3) is 0 Å². The summed E-state index contributed by atoms with van der Waals surface area (Å²) in [5, 5.41) is 14.3. The van der Waals surface area contributed by atoms with Crippen LogP contribution < -0.4 is 5.32 Å². The number of hydrogen-bond acceptors (Lipinski definition) is 4. The lowest BCUT2D eigenvalue weighted by molar-refractivity contribution is -0.385. The average Bonchev–Trinajstić information content (AvgIpc) is 2.42. The second-order valence-corrected chi connectivity index (χ2v) is 5.45. The molecule has 0 aliphatic carbocycles. The number of ether oxygens (including phenoxy) is 1. The van der Waals surface area contributed by atoms with Gasteiger partial charge in [0.15, 0.2) is 0 Å². The largest absolute Gasteiger partial charge is 0.383 e. The molecular weight excluding hydrogens is 324 g/mol. The second kappa shape index (κ2) is 9.05. The van der Waals surface area contributed by atoms with Crippen LogP contribution in [-0.2, 0) is 11.2 Å². The molecule has 1 unspecified atom stereocenters. The van der Waals surface area contributed by atoms with E-state index >= 15 is 0 Å². The van der Waals surface area contributed by atoms with Crippen molar-refractivity contribution in [1.82, 2.24) is 5.32 Å². The molecule has 0 aromatic heterocycles. The van der Waals surface area contributed by atoms with Gasteiger partial charge in [0.1, 0.15) is 0 Å². The third kappa shape index (κ3) is 5.19. The molecule has 0 saturated heterocycles. The molecule has 1 aromatic rings. The van der Waals surface area contributed by atoms with E-state index < -0.39 is 0 Å². The van der Waals surface area contributed by atoms with Gasteiger partial charge < -0.3 is 10.1 Å². The molecular formula is C14H21BrN2O3. The lowest BCUT2D eigenvalue weighted by atomic mass is 10.0. The smallest absolute Gasteiger partial charge is 0.283 e. The summed E-state index contributed by atoms with van der Waals surface area (Å²) < 4.78 is 5.78. The number of hydrogen-bond donors (Lipinski definition) is 1. The van der Waals surface area contributed by atoms with Crippen LogP contribution in [0.15, 0.2) is 22.7 Å². The van der Waals surface area contributed by atoms with Crippen molar-refractivity contribution in [3.63, 3.8) is 0 Å². The first kappa shape index (κ1) is 17.1.